The molecular formula is C24H37NaO5. The van der Waals surface area contributed by atoms with Crippen LogP contribution >= 0.6 is 0 Å². The molecule has 4 saturated carbocycles. The van der Waals surface area contributed by atoms with Gasteiger partial charge in [0.25, 0.3) is 0 Å². The van der Waals surface area contributed by atoms with Gasteiger partial charge in [-0.25, -0.2) is 0 Å². The molecule has 0 amide bonds. The van der Waals surface area contributed by atoms with Gasteiger partial charge in [-0.1, -0.05) is 20.8 Å². The first kappa shape index (κ1) is 24.7. The number of ketones is 1. The van der Waals surface area contributed by atoms with Gasteiger partial charge in [0.1, 0.15) is 5.78 Å². The smallest absolute Gasteiger partial charge is 0.550 e. The predicted octanol–water partition coefficient (Wildman–Crippen LogP) is -0.674. The molecule has 0 saturated heterocycles. The molecule has 0 aliphatic heterocycles. The van der Waals surface area contributed by atoms with E-state index in [0.29, 0.717) is 37.9 Å². The fraction of sp³-hybridized carbons (Fsp3) is 0.917. The number of rotatable bonds is 4. The summed E-state index contributed by atoms with van der Waals surface area (Å²) in [6.07, 6.45) is 5.28. The van der Waals surface area contributed by atoms with Gasteiger partial charge in [-0.05, 0) is 91.3 Å². The van der Waals surface area contributed by atoms with Gasteiger partial charge in [0, 0.05) is 18.8 Å². The van der Waals surface area contributed by atoms with E-state index in [4.69, 9.17) is 0 Å². The van der Waals surface area contributed by atoms with E-state index >= 15 is 0 Å². The molecule has 0 aromatic heterocycles. The standard InChI is InChI=1S/C24H38O5.Na/c1-13(4-7-21(28)29)16-5-6-17-22-18(12-20(27)24(16,17)3)23(2)9-8-15(25)10-14(23)11-19(22)26;/h13-14,16-20,22,26-27H,4-12H2,1-3H3,(H,28,29);/q;+1/p-1/t13-,14+,16-,17+,18+,19-,20+,22+,23+,24-;/m1./s1. The van der Waals surface area contributed by atoms with Gasteiger partial charge in [-0.2, -0.15) is 0 Å². The molecular weight excluding hydrogens is 391 g/mol. The number of Topliss-reactive ketones (excluding diaryl/α,β-unsaturated/α-hetero) is 1. The van der Waals surface area contributed by atoms with Gasteiger partial charge < -0.3 is 20.1 Å². The number of aliphatic hydroxyl groups is 2. The van der Waals surface area contributed by atoms with Crippen LogP contribution in [0.2, 0.25) is 0 Å². The van der Waals surface area contributed by atoms with Crippen molar-refractivity contribution >= 4 is 11.8 Å². The van der Waals surface area contributed by atoms with Crippen molar-refractivity contribution in [3.63, 3.8) is 0 Å². The van der Waals surface area contributed by atoms with Gasteiger partial charge >= 0.3 is 29.6 Å². The summed E-state index contributed by atoms with van der Waals surface area (Å²) in [4.78, 5) is 23.0. The first-order chi connectivity index (χ1) is 13.6. The number of carbonyl (C=O) groups excluding carboxylic acids is 2. The van der Waals surface area contributed by atoms with Gasteiger partial charge in [0.2, 0.25) is 0 Å². The molecule has 4 fully saturated rings. The number of aliphatic carboxylic acids is 1. The summed E-state index contributed by atoms with van der Waals surface area (Å²) in [6.45, 7) is 6.61. The summed E-state index contributed by atoms with van der Waals surface area (Å²) >= 11 is 0. The van der Waals surface area contributed by atoms with E-state index in [0.717, 1.165) is 19.3 Å². The predicted molar refractivity (Wildman–Crippen MR) is 106 cm³/mol. The summed E-state index contributed by atoms with van der Waals surface area (Å²) < 4.78 is 0. The third kappa shape index (κ3) is 3.75. The van der Waals surface area contributed by atoms with Crippen molar-refractivity contribution < 1.29 is 54.5 Å². The van der Waals surface area contributed by atoms with Crippen molar-refractivity contribution in [3.8, 4) is 0 Å². The Morgan fingerprint density at radius 1 is 1.20 bits per heavy atom. The van der Waals surface area contributed by atoms with Crippen molar-refractivity contribution in [3.05, 3.63) is 0 Å². The second-order valence-electron chi connectivity index (χ2n) is 11.2. The first-order valence-electron chi connectivity index (χ1n) is 11.7. The molecule has 4 rings (SSSR count). The van der Waals surface area contributed by atoms with Crippen LogP contribution in [0, 0.1) is 46.3 Å². The molecule has 0 radical (unpaired) electrons. The Labute approximate surface area is 202 Å². The molecule has 0 aromatic carbocycles. The second kappa shape index (κ2) is 8.78. The summed E-state index contributed by atoms with van der Waals surface area (Å²) in [7, 11) is 0. The molecule has 6 heteroatoms. The van der Waals surface area contributed by atoms with Crippen LogP contribution in [0.25, 0.3) is 0 Å². The van der Waals surface area contributed by atoms with Crippen molar-refractivity contribution in [1.82, 2.24) is 0 Å². The Balaban J connectivity index is 0.00000256. The molecule has 2 N–H and O–H groups in total. The Kier molecular flexibility index (Phi) is 7.23. The number of aliphatic hydroxyl groups excluding tert-OH is 2. The minimum Gasteiger partial charge on any atom is -0.550 e. The average Bonchev–Trinajstić information content (AvgIpc) is 3.01. The minimum atomic E-state index is -1.01. The van der Waals surface area contributed by atoms with E-state index in [-0.39, 0.29) is 82.3 Å². The van der Waals surface area contributed by atoms with Crippen molar-refractivity contribution in [2.24, 2.45) is 46.3 Å². The van der Waals surface area contributed by atoms with Crippen LogP contribution < -0.4 is 34.7 Å². The van der Waals surface area contributed by atoms with Gasteiger partial charge in [0.05, 0.1) is 12.2 Å². The Morgan fingerprint density at radius 3 is 2.57 bits per heavy atom. The van der Waals surface area contributed by atoms with Gasteiger partial charge in [-0.15, -0.1) is 0 Å². The number of fused-ring (bicyclic) bond motifs is 5. The fourth-order valence-electron chi connectivity index (χ4n) is 8.49. The number of carbonyl (C=O) groups is 2. The molecule has 0 heterocycles. The number of carboxylic acids is 1. The van der Waals surface area contributed by atoms with Crippen molar-refractivity contribution in [2.75, 3.05) is 0 Å². The molecule has 0 bridgehead atoms. The first-order valence-corrected chi connectivity index (χ1v) is 11.7. The Morgan fingerprint density at radius 2 is 1.90 bits per heavy atom. The normalized spacial score (nSPS) is 48.7. The topological polar surface area (TPSA) is 97.7 Å². The molecule has 30 heavy (non-hydrogen) atoms. The quantitative estimate of drug-likeness (QED) is 0.579. The zero-order valence-electron chi connectivity index (χ0n) is 19.1. The van der Waals surface area contributed by atoms with Crippen LogP contribution in [0.3, 0.4) is 0 Å². The SMILES string of the molecule is C[C@H](CCC(=O)[O-])[C@H]1CC[C@H]2[C@@H]3[C@H](O)C[C@@H]4CC(=O)CC[C@]4(C)[C@H]3C[C@H](O)[C@]12C.[Na+]. The maximum atomic E-state index is 12.1. The number of hydrogen-bond donors (Lipinski definition) is 2. The zero-order chi connectivity index (χ0) is 21.1. The van der Waals surface area contributed by atoms with Crippen LogP contribution in [0.15, 0.2) is 0 Å². The maximum absolute atomic E-state index is 12.1. The second-order valence-corrected chi connectivity index (χ2v) is 11.2. The largest absolute Gasteiger partial charge is 1.00 e. The van der Waals surface area contributed by atoms with Crippen molar-refractivity contribution in [1.29, 1.82) is 0 Å². The summed E-state index contributed by atoms with van der Waals surface area (Å²) in [5.74, 6) is 0.731. The van der Waals surface area contributed by atoms with Gasteiger partial charge in [-0.3, -0.25) is 4.79 Å². The van der Waals surface area contributed by atoms with Crippen LogP contribution in [0.5, 0.6) is 0 Å². The van der Waals surface area contributed by atoms with E-state index in [1.807, 2.05) is 0 Å². The van der Waals surface area contributed by atoms with Crippen LogP contribution in [0.4, 0.5) is 0 Å². The monoisotopic (exact) mass is 428 g/mol. The average molecular weight is 429 g/mol. The van der Waals surface area contributed by atoms with E-state index in [9.17, 15) is 24.9 Å². The number of hydrogen-bond acceptors (Lipinski definition) is 5. The summed E-state index contributed by atoms with van der Waals surface area (Å²) in [5.41, 5.74) is -0.250. The zero-order valence-corrected chi connectivity index (χ0v) is 21.1. The molecule has 10 atom stereocenters. The van der Waals surface area contributed by atoms with Crippen LogP contribution in [-0.2, 0) is 9.59 Å². The van der Waals surface area contributed by atoms with E-state index < -0.39 is 18.2 Å². The molecule has 4 aliphatic carbocycles. The molecule has 5 nitrogen and oxygen atoms in total. The molecule has 0 spiro atoms. The summed E-state index contributed by atoms with van der Waals surface area (Å²) in [5, 5.41) is 33.6. The Hall–Kier alpha value is 0.0600. The molecule has 164 valence electrons. The molecule has 0 aromatic rings. The third-order valence-corrected chi connectivity index (χ3v) is 10.2. The minimum absolute atomic E-state index is 0. The van der Waals surface area contributed by atoms with Crippen molar-refractivity contribution in [2.45, 2.75) is 90.8 Å². The van der Waals surface area contributed by atoms with E-state index in [1.165, 1.54) is 0 Å². The van der Waals surface area contributed by atoms with Crippen LogP contribution in [0.1, 0.15) is 78.6 Å². The third-order valence-electron chi connectivity index (χ3n) is 10.2. The maximum Gasteiger partial charge on any atom is 1.00 e. The fourth-order valence-corrected chi connectivity index (χ4v) is 8.49. The molecule has 0 unspecified atom stereocenters. The number of carboxylic acid groups (broad SMARTS) is 1. The van der Waals surface area contributed by atoms with Gasteiger partial charge in [0.15, 0.2) is 0 Å². The Bertz CT molecular complexity index is 683. The molecule has 4 aliphatic rings. The van der Waals surface area contributed by atoms with Crippen LogP contribution in [-0.4, -0.2) is 34.2 Å². The van der Waals surface area contributed by atoms with E-state index in [1.54, 1.807) is 0 Å². The van der Waals surface area contributed by atoms with E-state index in [2.05, 4.69) is 20.8 Å². The summed E-state index contributed by atoms with van der Waals surface area (Å²) in [6, 6.07) is 0.